The highest BCUT2D eigenvalue weighted by molar-refractivity contribution is 7.92. The van der Waals surface area contributed by atoms with Gasteiger partial charge >= 0.3 is 0 Å². The van der Waals surface area contributed by atoms with E-state index < -0.39 is 10.0 Å². The van der Waals surface area contributed by atoms with Gasteiger partial charge in [-0.15, -0.1) is 0 Å². The average Bonchev–Trinajstić information content (AvgIpc) is 2.67. The summed E-state index contributed by atoms with van der Waals surface area (Å²) < 4.78 is 28.0. The molecule has 0 aromatic heterocycles. The van der Waals surface area contributed by atoms with Crippen molar-refractivity contribution in [1.82, 2.24) is 5.32 Å². The van der Waals surface area contributed by atoms with E-state index in [4.69, 9.17) is 0 Å². The molecule has 0 aliphatic carbocycles. The van der Waals surface area contributed by atoms with Crippen molar-refractivity contribution in [3.63, 3.8) is 0 Å². The molecule has 152 valence electrons. The number of nitrogens with one attached hydrogen (secondary N) is 1. The fraction of sp³-hybridized carbons (Fsp3) is 0.409. The van der Waals surface area contributed by atoms with Crippen LogP contribution in [0.5, 0.6) is 0 Å². The predicted molar refractivity (Wildman–Crippen MR) is 114 cm³/mol. The molecule has 0 fully saturated rings. The SMILES string of the molecule is CCC(CC)NC(=O)CN(c1cccc(C)c1C)S(=O)(=O)c1ccc(C)cc1. The van der Waals surface area contributed by atoms with Gasteiger partial charge in [-0.25, -0.2) is 8.42 Å². The number of amides is 1. The first kappa shape index (κ1) is 22.0. The van der Waals surface area contributed by atoms with Crippen LogP contribution < -0.4 is 9.62 Å². The summed E-state index contributed by atoms with van der Waals surface area (Å²) in [5, 5.41) is 2.94. The number of anilines is 1. The maximum Gasteiger partial charge on any atom is 0.264 e. The molecule has 0 saturated heterocycles. The van der Waals surface area contributed by atoms with E-state index in [2.05, 4.69) is 5.32 Å². The van der Waals surface area contributed by atoms with Crippen molar-refractivity contribution in [2.24, 2.45) is 0 Å². The summed E-state index contributed by atoms with van der Waals surface area (Å²) in [6.45, 7) is 9.46. The van der Waals surface area contributed by atoms with Crippen LogP contribution in [0.3, 0.4) is 0 Å². The Balaban J connectivity index is 2.48. The van der Waals surface area contributed by atoms with E-state index in [9.17, 15) is 13.2 Å². The van der Waals surface area contributed by atoms with E-state index in [-0.39, 0.29) is 23.4 Å². The van der Waals surface area contributed by atoms with Crippen molar-refractivity contribution in [2.45, 2.75) is 58.4 Å². The number of carbonyl (C=O) groups excluding carboxylic acids is 1. The normalized spacial score (nSPS) is 11.5. The second kappa shape index (κ2) is 9.24. The smallest absolute Gasteiger partial charge is 0.264 e. The molecule has 0 bridgehead atoms. The van der Waals surface area contributed by atoms with Crippen LogP contribution in [-0.4, -0.2) is 26.9 Å². The number of nitrogens with zero attached hydrogens (tertiary/aromatic N) is 1. The molecule has 0 aliphatic rings. The van der Waals surface area contributed by atoms with Crippen LogP contribution in [0.2, 0.25) is 0 Å². The van der Waals surface area contributed by atoms with Crippen molar-refractivity contribution >= 4 is 21.6 Å². The van der Waals surface area contributed by atoms with Gasteiger partial charge in [0.1, 0.15) is 6.54 Å². The number of hydrogen-bond acceptors (Lipinski definition) is 3. The zero-order chi connectivity index (χ0) is 20.9. The molecule has 5 nitrogen and oxygen atoms in total. The minimum absolute atomic E-state index is 0.0371. The lowest BCUT2D eigenvalue weighted by Gasteiger charge is -2.27. The van der Waals surface area contributed by atoms with Gasteiger partial charge in [-0.05, 0) is 62.9 Å². The molecular weight excluding hydrogens is 372 g/mol. The van der Waals surface area contributed by atoms with Crippen molar-refractivity contribution in [3.05, 3.63) is 59.2 Å². The van der Waals surface area contributed by atoms with Gasteiger partial charge in [0.25, 0.3) is 10.0 Å². The summed E-state index contributed by atoms with van der Waals surface area (Å²) in [6, 6.07) is 12.2. The van der Waals surface area contributed by atoms with E-state index in [1.54, 1.807) is 30.3 Å². The Labute approximate surface area is 168 Å². The third-order valence-corrected chi connectivity index (χ3v) is 6.87. The standard InChI is InChI=1S/C22H30N2O3S/c1-6-19(7-2)23-22(25)15-24(21-10-8-9-17(4)18(21)5)28(26,27)20-13-11-16(3)12-14-20/h8-14,19H,6-7,15H2,1-5H3,(H,23,25). The van der Waals surface area contributed by atoms with Crippen molar-refractivity contribution < 1.29 is 13.2 Å². The highest BCUT2D eigenvalue weighted by Crippen LogP contribution is 2.28. The van der Waals surface area contributed by atoms with Crippen LogP contribution in [0, 0.1) is 20.8 Å². The van der Waals surface area contributed by atoms with Gasteiger partial charge in [-0.2, -0.15) is 0 Å². The largest absolute Gasteiger partial charge is 0.352 e. The molecule has 0 atom stereocenters. The molecule has 6 heteroatoms. The number of aryl methyl sites for hydroxylation is 2. The highest BCUT2D eigenvalue weighted by Gasteiger charge is 2.29. The second-order valence-corrected chi connectivity index (χ2v) is 8.99. The minimum atomic E-state index is -3.88. The van der Waals surface area contributed by atoms with Crippen molar-refractivity contribution in [3.8, 4) is 0 Å². The van der Waals surface area contributed by atoms with Gasteiger partial charge in [-0.1, -0.05) is 43.7 Å². The van der Waals surface area contributed by atoms with Crippen LogP contribution in [0.15, 0.2) is 47.4 Å². The summed E-state index contributed by atoms with van der Waals surface area (Å²) in [7, 11) is -3.88. The maximum absolute atomic E-state index is 13.4. The van der Waals surface area contributed by atoms with Gasteiger partial charge in [0.2, 0.25) is 5.91 Å². The fourth-order valence-corrected chi connectivity index (χ4v) is 4.52. The lowest BCUT2D eigenvalue weighted by atomic mass is 10.1. The highest BCUT2D eigenvalue weighted by atomic mass is 32.2. The number of carbonyl (C=O) groups is 1. The van der Waals surface area contributed by atoms with E-state index >= 15 is 0 Å². The molecule has 0 radical (unpaired) electrons. The summed E-state index contributed by atoms with van der Waals surface area (Å²) in [6.07, 6.45) is 1.60. The first-order valence-corrected chi connectivity index (χ1v) is 11.1. The molecule has 2 aromatic carbocycles. The predicted octanol–water partition coefficient (Wildman–Crippen LogP) is 4.11. The first-order valence-electron chi connectivity index (χ1n) is 9.65. The topological polar surface area (TPSA) is 66.5 Å². The number of hydrogen-bond donors (Lipinski definition) is 1. The lowest BCUT2D eigenvalue weighted by Crippen LogP contribution is -2.44. The summed E-state index contributed by atoms with van der Waals surface area (Å²) in [5.41, 5.74) is 3.32. The number of rotatable bonds is 8. The fourth-order valence-electron chi connectivity index (χ4n) is 3.04. The first-order chi connectivity index (χ1) is 13.2. The van der Waals surface area contributed by atoms with Crippen molar-refractivity contribution in [1.29, 1.82) is 0 Å². The zero-order valence-electron chi connectivity index (χ0n) is 17.3. The van der Waals surface area contributed by atoms with E-state index in [1.165, 1.54) is 4.31 Å². The Kier molecular flexibility index (Phi) is 7.24. The molecule has 0 aliphatic heterocycles. The molecule has 2 aromatic rings. The Morgan fingerprint density at radius 1 is 1.00 bits per heavy atom. The summed E-state index contributed by atoms with van der Waals surface area (Å²) in [4.78, 5) is 12.8. The second-order valence-electron chi connectivity index (χ2n) is 7.12. The molecule has 0 saturated carbocycles. The molecule has 0 heterocycles. The molecule has 0 spiro atoms. The Morgan fingerprint density at radius 2 is 1.61 bits per heavy atom. The third-order valence-electron chi connectivity index (χ3n) is 5.09. The Morgan fingerprint density at radius 3 is 2.18 bits per heavy atom. The average molecular weight is 403 g/mol. The maximum atomic E-state index is 13.4. The molecule has 0 unspecified atom stereocenters. The van der Waals surface area contributed by atoms with E-state index in [1.807, 2.05) is 46.8 Å². The third kappa shape index (κ3) is 4.93. The van der Waals surface area contributed by atoms with E-state index in [0.717, 1.165) is 29.5 Å². The van der Waals surface area contributed by atoms with Crippen molar-refractivity contribution in [2.75, 3.05) is 10.8 Å². The van der Waals surface area contributed by atoms with Crippen LogP contribution in [-0.2, 0) is 14.8 Å². The number of benzene rings is 2. The van der Waals surface area contributed by atoms with E-state index in [0.29, 0.717) is 5.69 Å². The molecule has 1 amide bonds. The van der Waals surface area contributed by atoms with Crippen LogP contribution >= 0.6 is 0 Å². The quantitative estimate of drug-likeness (QED) is 0.722. The van der Waals surface area contributed by atoms with Gasteiger partial charge in [0.15, 0.2) is 0 Å². The monoisotopic (exact) mass is 402 g/mol. The molecule has 28 heavy (non-hydrogen) atoms. The molecule has 1 N–H and O–H groups in total. The molecule has 2 rings (SSSR count). The summed E-state index contributed by atoms with van der Waals surface area (Å²) >= 11 is 0. The van der Waals surface area contributed by atoms with Crippen LogP contribution in [0.25, 0.3) is 0 Å². The lowest BCUT2D eigenvalue weighted by molar-refractivity contribution is -0.120. The minimum Gasteiger partial charge on any atom is -0.352 e. The Hall–Kier alpha value is -2.34. The van der Waals surface area contributed by atoms with Crippen LogP contribution in [0.1, 0.15) is 43.4 Å². The van der Waals surface area contributed by atoms with Gasteiger partial charge < -0.3 is 5.32 Å². The summed E-state index contributed by atoms with van der Waals surface area (Å²) in [5.74, 6) is -0.301. The molecular formula is C22H30N2O3S. The van der Waals surface area contributed by atoms with Gasteiger partial charge in [-0.3, -0.25) is 9.10 Å². The van der Waals surface area contributed by atoms with Crippen LogP contribution in [0.4, 0.5) is 5.69 Å². The number of sulfonamides is 1. The Bertz CT molecular complexity index is 917. The van der Waals surface area contributed by atoms with Gasteiger partial charge in [0.05, 0.1) is 10.6 Å². The van der Waals surface area contributed by atoms with Gasteiger partial charge in [0, 0.05) is 6.04 Å². The zero-order valence-corrected chi connectivity index (χ0v) is 18.1.